The monoisotopic (exact) mass is 147 g/mol. The van der Waals surface area contributed by atoms with Gasteiger partial charge in [-0.2, -0.15) is 0 Å². The molecule has 2 unspecified atom stereocenters. The van der Waals surface area contributed by atoms with E-state index >= 15 is 0 Å². The van der Waals surface area contributed by atoms with Crippen molar-refractivity contribution in [1.29, 1.82) is 0 Å². The highest BCUT2D eigenvalue weighted by atomic mass is 15.4. The molecule has 0 aromatic heterocycles. The lowest BCUT2D eigenvalue weighted by atomic mass is 9.86. The van der Waals surface area contributed by atoms with Gasteiger partial charge in [0, 0.05) is 5.70 Å². The van der Waals surface area contributed by atoms with Crippen molar-refractivity contribution in [2.24, 2.45) is 5.92 Å². The van der Waals surface area contributed by atoms with Crippen LogP contribution < -0.4 is 0 Å². The average Bonchev–Trinajstić information content (AvgIpc) is 2.79. The van der Waals surface area contributed by atoms with E-state index in [0.29, 0.717) is 0 Å². The topological polar surface area (TPSA) is 3.01 Å². The van der Waals surface area contributed by atoms with Gasteiger partial charge in [0.15, 0.2) is 0 Å². The minimum atomic E-state index is 0.986. The third kappa shape index (κ3) is 0.482. The number of hydrogen-bond acceptors (Lipinski definition) is 1. The van der Waals surface area contributed by atoms with Crippen LogP contribution in [0.5, 0.6) is 0 Å². The van der Waals surface area contributed by atoms with E-state index in [1.165, 1.54) is 32.1 Å². The molecule has 2 aliphatic carbocycles. The zero-order chi connectivity index (χ0) is 7.00. The van der Waals surface area contributed by atoms with Crippen LogP contribution in [-0.4, -0.2) is 17.0 Å². The molecule has 1 nitrogen and oxygen atoms in total. The molecule has 4 aliphatic rings. The highest BCUT2D eigenvalue weighted by Gasteiger charge is 2.62. The molecule has 0 aromatic carbocycles. The third-order valence-corrected chi connectivity index (χ3v) is 3.87. The van der Waals surface area contributed by atoms with E-state index in [1.54, 1.807) is 5.70 Å². The van der Waals surface area contributed by atoms with Gasteiger partial charge in [-0.25, -0.2) is 0 Å². The van der Waals surface area contributed by atoms with Crippen molar-refractivity contribution in [2.45, 2.75) is 44.2 Å². The Morgan fingerprint density at radius 1 is 1.27 bits per heavy atom. The van der Waals surface area contributed by atoms with E-state index in [9.17, 15) is 0 Å². The summed E-state index contributed by atoms with van der Waals surface area (Å²) in [5, 5.41) is 0. The minimum Gasteiger partial charge on any atom is -0.361 e. The fourth-order valence-electron chi connectivity index (χ4n) is 2.91. The molecule has 2 aliphatic heterocycles. The molecule has 2 fully saturated rings. The van der Waals surface area contributed by atoms with Gasteiger partial charge in [-0.3, -0.25) is 0 Å². The lowest BCUT2D eigenvalue weighted by molar-refractivity contribution is 0.434. The smallest absolute Gasteiger partial charge is 0.0727 e. The van der Waals surface area contributed by atoms with Gasteiger partial charge in [0.05, 0.1) is 12.1 Å². The molecule has 0 radical (unpaired) electrons. The van der Waals surface area contributed by atoms with Crippen molar-refractivity contribution in [2.75, 3.05) is 0 Å². The molecule has 0 amide bonds. The van der Waals surface area contributed by atoms with E-state index in [4.69, 9.17) is 0 Å². The maximum atomic E-state index is 2.68. The lowest BCUT2D eigenvalue weighted by Crippen LogP contribution is -2.26. The molecule has 1 heteroatoms. The Kier molecular flexibility index (Phi) is 0.651. The summed E-state index contributed by atoms with van der Waals surface area (Å²) >= 11 is 0. The SMILES string of the molecule is C1CC2=C1C1C(CC3CC3)N21. The first-order chi connectivity index (χ1) is 5.45. The third-order valence-electron chi connectivity index (χ3n) is 3.87. The first-order valence-electron chi connectivity index (χ1n) is 4.95. The predicted molar refractivity (Wildman–Crippen MR) is 43.0 cm³/mol. The quantitative estimate of drug-likeness (QED) is 0.539. The number of piperidine rings is 1. The van der Waals surface area contributed by atoms with Gasteiger partial charge in [0.2, 0.25) is 0 Å². The van der Waals surface area contributed by atoms with Crippen LogP contribution in [0.25, 0.3) is 0 Å². The lowest BCUT2D eigenvalue weighted by Gasteiger charge is -2.33. The summed E-state index contributed by atoms with van der Waals surface area (Å²) in [6.07, 6.45) is 7.44. The molecule has 2 atom stereocenters. The van der Waals surface area contributed by atoms with Crippen molar-refractivity contribution in [3.8, 4) is 0 Å². The summed E-state index contributed by atoms with van der Waals surface area (Å²) in [7, 11) is 0. The summed E-state index contributed by atoms with van der Waals surface area (Å²) < 4.78 is 0. The van der Waals surface area contributed by atoms with Crippen LogP contribution in [0.3, 0.4) is 0 Å². The first kappa shape index (κ1) is 5.23. The van der Waals surface area contributed by atoms with Gasteiger partial charge in [0.1, 0.15) is 0 Å². The van der Waals surface area contributed by atoms with Crippen LogP contribution in [0.4, 0.5) is 0 Å². The molecule has 0 N–H and O–H groups in total. The molecule has 2 heterocycles. The van der Waals surface area contributed by atoms with Crippen LogP contribution in [0.1, 0.15) is 32.1 Å². The molecule has 1 saturated heterocycles. The van der Waals surface area contributed by atoms with Crippen LogP contribution in [0.2, 0.25) is 0 Å². The van der Waals surface area contributed by atoms with Gasteiger partial charge in [-0.05, 0) is 30.8 Å². The maximum absolute atomic E-state index is 2.68. The van der Waals surface area contributed by atoms with Crippen molar-refractivity contribution in [3.63, 3.8) is 0 Å². The Balaban J connectivity index is 1.51. The Bertz CT molecular complexity index is 242. The second-order valence-electron chi connectivity index (χ2n) is 4.57. The predicted octanol–water partition coefficient (Wildman–Crippen LogP) is 1.90. The number of rotatable bonds is 2. The number of allylic oxidation sites excluding steroid dienone is 1. The zero-order valence-electron chi connectivity index (χ0n) is 6.71. The van der Waals surface area contributed by atoms with Crippen molar-refractivity contribution < 1.29 is 0 Å². The van der Waals surface area contributed by atoms with Crippen LogP contribution in [0.15, 0.2) is 11.3 Å². The molecule has 11 heavy (non-hydrogen) atoms. The van der Waals surface area contributed by atoms with E-state index in [-0.39, 0.29) is 0 Å². The van der Waals surface area contributed by atoms with Crippen molar-refractivity contribution in [3.05, 3.63) is 11.3 Å². The molecule has 0 bridgehead atoms. The zero-order valence-corrected chi connectivity index (χ0v) is 6.71. The van der Waals surface area contributed by atoms with Crippen LogP contribution in [0, 0.1) is 5.92 Å². The fraction of sp³-hybridized carbons (Fsp3) is 0.800. The highest BCUT2D eigenvalue weighted by Crippen LogP contribution is 2.61. The standard InChI is InChI=1S/C10H13N/c1-2-6(1)5-9-10-7-3-4-8(7)11(9)10/h6,9-10H,1-5H2. The van der Waals surface area contributed by atoms with Crippen molar-refractivity contribution >= 4 is 0 Å². The van der Waals surface area contributed by atoms with E-state index in [0.717, 1.165) is 18.0 Å². The summed E-state index contributed by atoms with van der Waals surface area (Å²) in [4.78, 5) is 2.68. The van der Waals surface area contributed by atoms with Gasteiger partial charge in [0.25, 0.3) is 0 Å². The summed E-state index contributed by atoms with van der Waals surface area (Å²) in [5.41, 5.74) is 3.59. The Labute approximate surface area is 67.1 Å². The Morgan fingerprint density at radius 2 is 2.18 bits per heavy atom. The van der Waals surface area contributed by atoms with Gasteiger partial charge >= 0.3 is 0 Å². The maximum Gasteiger partial charge on any atom is 0.0727 e. The molecule has 0 aromatic rings. The Hall–Kier alpha value is -0.460. The molecule has 0 spiro atoms. The van der Waals surface area contributed by atoms with Gasteiger partial charge < -0.3 is 4.90 Å². The average molecular weight is 147 g/mol. The summed E-state index contributed by atoms with van der Waals surface area (Å²) in [6, 6.07) is 1.99. The van der Waals surface area contributed by atoms with Crippen LogP contribution in [-0.2, 0) is 0 Å². The molecular weight excluding hydrogens is 134 g/mol. The van der Waals surface area contributed by atoms with E-state index < -0.39 is 0 Å². The minimum absolute atomic E-state index is 0.986. The number of nitrogens with zero attached hydrogens (tertiary/aromatic N) is 1. The van der Waals surface area contributed by atoms with Gasteiger partial charge in [-0.15, -0.1) is 0 Å². The second kappa shape index (κ2) is 1.37. The Morgan fingerprint density at radius 3 is 2.64 bits per heavy atom. The molecule has 1 saturated carbocycles. The van der Waals surface area contributed by atoms with E-state index in [2.05, 4.69) is 4.90 Å². The van der Waals surface area contributed by atoms with Crippen molar-refractivity contribution in [1.82, 2.24) is 4.90 Å². The second-order valence-corrected chi connectivity index (χ2v) is 4.57. The number of hydrogen-bond donors (Lipinski definition) is 0. The highest BCUT2D eigenvalue weighted by molar-refractivity contribution is 5.49. The van der Waals surface area contributed by atoms with Gasteiger partial charge in [-0.1, -0.05) is 12.8 Å². The first-order valence-corrected chi connectivity index (χ1v) is 4.95. The van der Waals surface area contributed by atoms with E-state index in [1.807, 2.05) is 5.57 Å². The molecule has 58 valence electrons. The van der Waals surface area contributed by atoms with Crippen LogP contribution >= 0.6 is 0 Å². The molecule has 4 rings (SSSR count). The number of fused-ring (bicyclic) bond motifs is 3. The molecular formula is C10H13N. The fourth-order valence-corrected chi connectivity index (χ4v) is 2.91. The summed E-state index contributed by atoms with van der Waals surface area (Å²) in [6.45, 7) is 0. The normalized spacial score (nSPS) is 44.2. The largest absolute Gasteiger partial charge is 0.361 e. The summed E-state index contributed by atoms with van der Waals surface area (Å²) in [5.74, 6) is 1.13.